The van der Waals surface area contributed by atoms with Gasteiger partial charge in [-0.2, -0.15) is 0 Å². The largest absolute Gasteiger partial charge is 0.395 e. The fourth-order valence-electron chi connectivity index (χ4n) is 2.46. The zero-order chi connectivity index (χ0) is 13.0. The number of rotatable bonds is 5. The summed E-state index contributed by atoms with van der Waals surface area (Å²) in [6, 6.07) is 0.342. The summed E-state index contributed by atoms with van der Waals surface area (Å²) in [5.41, 5.74) is 1.12. The predicted molar refractivity (Wildman–Crippen MR) is 74.9 cm³/mol. The summed E-state index contributed by atoms with van der Waals surface area (Å²) < 4.78 is 0. The molecule has 1 aromatic rings. The van der Waals surface area contributed by atoms with Crippen molar-refractivity contribution in [3.8, 4) is 0 Å². The van der Waals surface area contributed by atoms with Crippen molar-refractivity contribution in [2.45, 2.75) is 32.9 Å². The number of aliphatic hydroxyl groups is 1. The molecule has 4 nitrogen and oxygen atoms in total. The smallest absolute Gasteiger partial charge is 0.107 e. The molecule has 1 atom stereocenters. The molecule has 0 radical (unpaired) electrons. The van der Waals surface area contributed by atoms with E-state index in [-0.39, 0.29) is 6.61 Å². The fourth-order valence-corrected chi connectivity index (χ4v) is 3.27. The van der Waals surface area contributed by atoms with Crippen molar-refractivity contribution in [2.24, 2.45) is 0 Å². The number of thiazole rings is 1. The van der Waals surface area contributed by atoms with Gasteiger partial charge in [0.25, 0.3) is 0 Å². The van der Waals surface area contributed by atoms with Crippen molar-refractivity contribution in [1.29, 1.82) is 0 Å². The number of hydrogen-bond donors (Lipinski definition) is 1. The van der Waals surface area contributed by atoms with E-state index in [9.17, 15) is 5.11 Å². The van der Waals surface area contributed by atoms with E-state index in [1.54, 1.807) is 11.3 Å². The SMILES string of the molecule is CCC(CO)N1CCN(Cc2nc(C)cs2)CC1. The summed E-state index contributed by atoms with van der Waals surface area (Å²) >= 11 is 1.75. The van der Waals surface area contributed by atoms with Gasteiger partial charge in [0.05, 0.1) is 13.2 Å². The number of aryl methyl sites for hydroxylation is 1. The Kier molecular flexibility index (Phi) is 5.12. The molecule has 1 unspecified atom stereocenters. The fraction of sp³-hybridized carbons (Fsp3) is 0.769. The molecule has 0 aromatic carbocycles. The Labute approximate surface area is 113 Å². The monoisotopic (exact) mass is 269 g/mol. The van der Waals surface area contributed by atoms with Gasteiger partial charge in [-0.1, -0.05) is 6.92 Å². The summed E-state index contributed by atoms with van der Waals surface area (Å²) in [4.78, 5) is 9.38. The lowest BCUT2D eigenvalue weighted by Gasteiger charge is -2.38. The van der Waals surface area contributed by atoms with E-state index >= 15 is 0 Å². The minimum atomic E-state index is 0.280. The molecule has 5 heteroatoms. The van der Waals surface area contributed by atoms with Crippen LogP contribution in [-0.4, -0.2) is 58.7 Å². The predicted octanol–water partition coefficient (Wildman–Crippen LogP) is 1.34. The molecule has 0 spiro atoms. The van der Waals surface area contributed by atoms with Gasteiger partial charge in [0, 0.05) is 43.3 Å². The van der Waals surface area contributed by atoms with E-state index in [0.29, 0.717) is 6.04 Å². The van der Waals surface area contributed by atoms with E-state index in [1.807, 2.05) is 6.92 Å². The van der Waals surface area contributed by atoms with Crippen molar-refractivity contribution >= 4 is 11.3 Å². The van der Waals surface area contributed by atoms with Crippen LogP contribution in [-0.2, 0) is 6.54 Å². The first kappa shape index (κ1) is 13.9. The Morgan fingerprint density at radius 1 is 1.39 bits per heavy atom. The minimum absolute atomic E-state index is 0.280. The highest BCUT2D eigenvalue weighted by Gasteiger charge is 2.22. The lowest BCUT2D eigenvalue weighted by molar-refractivity contribution is 0.0608. The molecule has 1 aliphatic rings. The lowest BCUT2D eigenvalue weighted by atomic mass is 10.1. The Morgan fingerprint density at radius 3 is 2.61 bits per heavy atom. The average Bonchev–Trinajstić information content (AvgIpc) is 2.78. The van der Waals surface area contributed by atoms with Gasteiger partial charge in [0.1, 0.15) is 5.01 Å². The Balaban J connectivity index is 1.79. The summed E-state index contributed by atoms with van der Waals surface area (Å²) in [5.74, 6) is 0. The Morgan fingerprint density at radius 2 is 2.11 bits per heavy atom. The maximum atomic E-state index is 9.32. The molecule has 1 aliphatic heterocycles. The van der Waals surface area contributed by atoms with E-state index < -0.39 is 0 Å². The second-order valence-corrected chi connectivity index (χ2v) is 5.88. The van der Waals surface area contributed by atoms with E-state index in [0.717, 1.165) is 44.8 Å². The Hall–Kier alpha value is -0.490. The summed E-state index contributed by atoms with van der Waals surface area (Å²) in [5, 5.41) is 12.7. The van der Waals surface area contributed by atoms with Gasteiger partial charge in [-0.15, -0.1) is 11.3 Å². The van der Waals surface area contributed by atoms with E-state index in [2.05, 4.69) is 27.1 Å². The molecule has 1 saturated heterocycles. The second kappa shape index (κ2) is 6.61. The van der Waals surface area contributed by atoms with Crippen LogP contribution in [0.2, 0.25) is 0 Å². The first-order valence-electron chi connectivity index (χ1n) is 6.71. The number of hydrogen-bond acceptors (Lipinski definition) is 5. The molecule has 102 valence electrons. The highest BCUT2D eigenvalue weighted by atomic mass is 32.1. The molecule has 2 rings (SSSR count). The van der Waals surface area contributed by atoms with Crippen molar-refractivity contribution in [3.63, 3.8) is 0 Å². The van der Waals surface area contributed by atoms with Crippen LogP contribution in [0.5, 0.6) is 0 Å². The number of aliphatic hydroxyl groups excluding tert-OH is 1. The van der Waals surface area contributed by atoms with E-state index in [1.165, 1.54) is 5.01 Å². The molecule has 2 heterocycles. The molecule has 1 aromatic heterocycles. The standard InChI is InChI=1S/C13H23N3OS/c1-3-12(9-17)16-6-4-15(5-7-16)8-13-14-11(2)10-18-13/h10,12,17H,3-9H2,1-2H3. The topological polar surface area (TPSA) is 39.6 Å². The number of piperazine rings is 1. The zero-order valence-corrected chi connectivity index (χ0v) is 12.1. The van der Waals surface area contributed by atoms with Crippen LogP contribution in [0.3, 0.4) is 0 Å². The highest BCUT2D eigenvalue weighted by Crippen LogP contribution is 2.14. The van der Waals surface area contributed by atoms with Gasteiger partial charge in [-0.3, -0.25) is 9.80 Å². The minimum Gasteiger partial charge on any atom is -0.395 e. The maximum Gasteiger partial charge on any atom is 0.107 e. The first-order chi connectivity index (χ1) is 8.72. The van der Waals surface area contributed by atoms with E-state index in [4.69, 9.17) is 0 Å². The normalized spacial score (nSPS) is 20.2. The van der Waals surface area contributed by atoms with Gasteiger partial charge in [0.15, 0.2) is 0 Å². The number of aromatic nitrogens is 1. The van der Waals surface area contributed by atoms with Gasteiger partial charge in [-0.25, -0.2) is 4.98 Å². The molecule has 0 saturated carbocycles. The third kappa shape index (κ3) is 3.51. The molecule has 0 bridgehead atoms. The van der Waals surface area contributed by atoms with Gasteiger partial charge >= 0.3 is 0 Å². The van der Waals surface area contributed by atoms with Crippen LogP contribution < -0.4 is 0 Å². The summed E-state index contributed by atoms with van der Waals surface area (Å²) in [7, 11) is 0. The molecule has 1 N–H and O–H groups in total. The molecule has 0 amide bonds. The van der Waals surface area contributed by atoms with Crippen LogP contribution in [0, 0.1) is 6.92 Å². The summed E-state index contributed by atoms with van der Waals surface area (Å²) in [6.45, 7) is 9.72. The third-order valence-corrected chi connectivity index (χ3v) is 4.58. The van der Waals surface area contributed by atoms with Crippen LogP contribution in [0.1, 0.15) is 24.0 Å². The molecule has 1 fully saturated rings. The van der Waals surface area contributed by atoms with Gasteiger partial charge in [-0.05, 0) is 13.3 Å². The number of nitrogens with zero attached hydrogens (tertiary/aromatic N) is 3. The van der Waals surface area contributed by atoms with Gasteiger partial charge < -0.3 is 5.11 Å². The zero-order valence-electron chi connectivity index (χ0n) is 11.3. The second-order valence-electron chi connectivity index (χ2n) is 4.94. The summed E-state index contributed by atoms with van der Waals surface area (Å²) in [6.07, 6.45) is 1.03. The molecular formula is C13H23N3OS. The van der Waals surface area contributed by atoms with Crippen LogP contribution in [0.4, 0.5) is 0 Å². The Bertz CT molecular complexity index is 357. The molecule has 0 aliphatic carbocycles. The van der Waals surface area contributed by atoms with Crippen LogP contribution in [0.15, 0.2) is 5.38 Å². The average molecular weight is 269 g/mol. The highest BCUT2D eigenvalue weighted by molar-refractivity contribution is 7.09. The first-order valence-corrected chi connectivity index (χ1v) is 7.59. The lowest BCUT2D eigenvalue weighted by Crippen LogP contribution is -2.50. The van der Waals surface area contributed by atoms with Crippen molar-refractivity contribution in [2.75, 3.05) is 32.8 Å². The quantitative estimate of drug-likeness (QED) is 0.875. The van der Waals surface area contributed by atoms with Gasteiger partial charge in [0.2, 0.25) is 0 Å². The van der Waals surface area contributed by atoms with Crippen molar-refractivity contribution < 1.29 is 5.11 Å². The maximum absolute atomic E-state index is 9.32. The van der Waals surface area contributed by atoms with Crippen molar-refractivity contribution in [1.82, 2.24) is 14.8 Å². The van der Waals surface area contributed by atoms with Crippen LogP contribution >= 0.6 is 11.3 Å². The van der Waals surface area contributed by atoms with Crippen molar-refractivity contribution in [3.05, 3.63) is 16.1 Å². The molecular weight excluding hydrogens is 246 g/mol. The third-order valence-electron chi connectivity index (χ3n) is 3.63. The van der Waals surface area contributed by atoms with Crippen LogP contribution in [0.25, 0.3) is 0 Å². The molecule has 18 heavy (non-hydrogen) atoms.